The van der Waals surface area contributed by atoms with E-state index in [4.69, 9.17) is 9.47 Å². The van der Waals surface area contributed by atoms with Gasteiger partial charge >= 0.3 is 0 Å². The molecule has 1 heterocycles. The van der Waals surface area contributed by atoms with E-state index < -0.39 is 6.10 Å². The van der Waals surface area contributed by atoms with Gasteiger partial charge in [0.25, 0.3) is 5.91 Å². The van der Waals surface area contributed by atoms with Crippen molar-refractivity contribution < 1.29 is 19.1 Å². The Balaban J connectivity index is 2.29. The normalized spacial score (nSPS) is 18.6. The molecule has 0 saturated carbocycles. The van der Waals surface area contributed by atoms with Crippen LogP contribution in [0.15, 0.2) is 16.6 Å². The van der Waals surface area contributed by atoms with Gasteiger partial charge in [0, 0.05) is 25.6 Å². The molecule has 5 nitrogen and oxygen atoms in total. The van der Waals surface area contributed by atoms with E-state index in [9.17, 15) is 9.59 Å². The molecule has 1 aromatic carbocycles. The van der Waals surface area contributed by atoms with Crippen LogP contribution in [0.1, 0.15) is 16.8 Å². The van der Waals surface area contributed by atoms with Crippen molar-refractivity contribution >= 4 is 28.1 Å². The monoisotopic (exact) mass is 327 g/mol. The van der Waals surface area contributed by atoms with E-state index in [0.29, 0.717) is 34.5 Å². The van der Waals surface area contributed by atoms with Crippen LogP contribution in [0.25, 0.3) is 0 Å². The fourth-order valence-electron chi connectivity index (χ4n) is 1.96. The van der Waals surface area contributed by atoms with Crippen molar-refractivity contribution in [2.75, 3.05) is 20.7 Å². The number of ether oxygens (including phenoxy) is 2. The number of likely N-dealkylation sites (tertiary alicyclic amines) is 1. The molecule has 1 fully saturated rings. The largest absolute Gasteiger partial charge is 0.493 e. The SMILES string of the molecule is COc1cc(C=O)cc(Br)c1OC1CCN(C)C1=O. The molecule has 0 N–H and O–H groups in total. The first-order valence-electron chi connectivity index (χ1n) is 5.81. The molecule has 1 aliphatic rings. The molecule has 0 aliphatic carbocycles. The first kappa shape index (κ1) is 13.9. The Morgan fingerprint density at radius 2 is 2.21 bits per heavy atom. The van der Waals surface area contributed by atoms with Gasteiger partial charge in [-0.1, -0.05) is 0 Å². The van der Waals surface area contributed by atoms with Crippen LogP contribution in [-0.2, 0) is 4.79 Å². The molecule has 2 rings (SSSR count). The van der Waals surface area contributed by atoms with Crippen molar-refractivity contribution in [2.45, 2.75) is 12.5 Å². The number of likely N-dealkylation sites (N-methyl/N-ethyl adjacent to an activating group) is 1. The van der Waals surface area contributed by atoms with Gasteiger partial charge in [0.15, 0.2) is 17.6 Å². The van der Waals surface area contributed by atoms with Crippen LogP contribution >= 0.6 is 15.9 Å². The Morgan fingerprint density at radius 1 is 1.47 bits per heavy atom. The predicted octanol–water partition coefficient (Wildman–Crippen LogP) is 1.88. The van der Waals surface area contributed by atoms with Crippen LogP contribution in [0.5, 0.6) is 11.5 Å². The van der Waals surface area contributed by atoms with Crippen LogP contribution in [0.4, 0.5) is 0 Å². The van der Waals surface area contributed by atoms with Crippen LogP contribution < -0.4 is 9.47 Å². The third-order valence-corrected chi connectivity index (χ3v) is 3.62. The lowest BCUT2D eigenvalue weighted by atomic mass is 10.2. The Hall–Kier alpha value is -1.56. The molecule has 0 spiro atoms. The van der Waals surface area contributed by atoms with Crippen molar-refractivity contribution in [2.24, 2.45) is 0 Å². The number of hydrogen-bond acceptors (Lipinski definition) is 4. The van der Waals surface area contributed by atoms with Crippen molar-refractivity contribution in [3.8, 4) is 11.5 Å². The number of amides is 1. The van der Waals surface area contributed by atoms with Gasteiger partial charge in [-0.05, 0) is 28.1 Å². The summed E-state index contributed by atoms with van der Waals surface area (Å²) in [6, 6.07) is 3.21. The van der Waals surface area contributed by atoms with E-state index in [2.05, 4.69) is 15.9 Å². The summed E-state index contributed by atoms with van der Waals surface area (Å²) < 4.78 is 11.5. The highest BCUT2D eigenvalue weighted by molar-refractivity contribution is 9.10. The summed E-state index contributed by atoms with van der Waals surface area (Å²) in [7, 11) is 3.24. The number of nitrogens with zero attached hydrogens (tertiary/aromatic N) is 1. The number of halogens is 1. The molecule has 0 bridgehead atoms. The van der Waals surface area contributed by atoms with Crippen molar-refractivity contribution in [3.05, 3.63) is 22.2 Å². The molecule has 1 aliphatic heterocycles. The van der Waals surface area contributed by atoms with E-state index in [0.717, 1.165) is 6.29 Å². The zero-order valence-electron chi connectivity index (χ0n) is 10.7. The number of methoxy groups -OCH3 is 1. The summed E-state index contributed by atoms with van der Waals surface area (Å²) in [5.74, 6) is 0.828. The third kappa shape index (κ3) is 2.73. The highest BCUT2D eigenvalue weighted by Crippen LogP contribution is 2.37. The standard InChI is InChI=1S/C13H14BrNO4/c1-15-4-3-10(13(15)17)19-12-9(14)5-8(7-16)6-11(12)18-2/h5-7,10H,3-4H2,1-2H3. The fraction of sp³-hybridized carbons (Fsp3) is 0.385. The maximum atomic E-state index is 11.8. The van der Waals surface area contributed by atoms with Gasteiger partial charge in [-0.2, -0.15) is 0 Å². The number of benzene rings is 1. The second-order valence-corrected chi connectivity index (χ2v) is 5.16. The van der Waals surface area contributed by atoms with Gasteiger partial charge in [0.05, 0.1) is 11.6 Å². The van der Waals surface area contributed by atoms with E-state index in [1.165, 1.54) is 7.11 Å². The van der Waals surface area contributed by atoms with Gasteiger partial charge in [-0.15, -0.1) is 0 Å². The molecular weight excluding hydrogens is 314 g/mol. The third-order valence-electron chi connectivity index (χ3n) is 3.03. The second kappa shape index (κ2) is 5.61. The minimum Gasteiger partial charge on any atom is -0.493 e. The summed E-state index contributed by atoms with van der Waals surface area (Å²) in [4.78, 5) is 24.3. The van der Waals surface area contributed by atoms with E-state index >= 15 is 0 Å². The molecule has 102 valence electrons. The highest BCUT2D eigenvalue weighted by atomic mass is 79.9. The first-order chi connectivity index (χ1) is 9.06. The van der Waals surface area contributed by atoms with E-state index in [1.807, 2.05) is 0 Å². The molecule has 1 amide bonds. The average molecular weight is 328 g/mol. The molecular formula is C13H14BrNO4. The number of rotatable bonds is 4. The summed E-state index contributed by atoms with van der Waals surface area (Å²) in [6.07, 6.45) is 0.864. The van der Waals surface area contributed by atoms with Crippen molar-refractivity contribution in [3.63, 3.8) is 0 Å². The van der Waals surface area contributed by atoms with Gasteiger partial charge in [-0.3, -0.25) is 9.59 Å². The predicted molar refractivity (Wildman–Crippen MR) is 72.8 cm³/mol. The summed E-state index contributed by atoms with van der Waals surface area (Å²) in [5, 5.41) is 0. The Kier molecular flexibility index (Phi) is 4.09. The molecule has 1 atom stereocenters. The number of hydrogen-bond donors (Lipinski definition) is 0. The van der Waals surface area contributed by atoms with Gasteiger partial charge in [-0.25, -0.2) is 0 Å². The molecule has 1 aromatic rings. The van der Waals surface area contributed by atoms with Crippen molar-refractivity contribution in [1.29, 1.82) is 0 Å². The molecule has 0 radical (unpaired) electrons. The minimum atomic E-state index is -0.503. The van der Waals surface area contributed by atoms with Gasteiger partial charge in [0.2, 0.25) is 0 Å². The Labute approximate surface area is 119 Å². The zero-order valence-corrected chi connectivity index (χ0v) is 12.3. The lowest BCUT2D eigenvalue weighted by Gasteiger charge is -2.17. The van der Waals surface area contributed by atoms with Crippen LogP contribution in [0.3, 0.4) is 0 Å². The maximum Gasteiger partial charge on any atom is 0.263 e. The van der Waals surface area contributed by atoms with Crippen LogP contribution in [0, 0.1) is 0 Å². The second-order valence-electron chi connectivity index (χ2n) is 4.31. The highest BCUT2D eigenvalue weighted by Gasteiger charge is 2.32. The smallest absolute Gasteiger partial charge is 0.263 e. The number of aldehydes is 1. The van der Waals surface area contributed by atoms with Crippen LogP contribution in [-0.4, -0.2) is 43.9 Å². The maximum absolute atomic E-state index is 11.8. The molecule has 6 heteroatoms. The Bertz CT molecular complexity index is 518. The summed E-state index contributed by atoms with van der Waals surface area (Å²) in [5.41, 5.74) is 0.478. The lowest BCUT2D eigenvalue weighted by molar-refractivity contribution is -0.132. The quantitative estimate of drug-likeness (QED) is 0.792. The topological polar surface area (TPSA) is 55.8 Å². The van der Waals surface area contributed by atoms with Crippen LogP contribution in [0.2, 0.25) is 0 Å². The summed E-state index contributed by atoms with van der Waals surface area (Å²) >= 11 is 3.33. The van der Waals surface area contributed by atoms with Crippen molar-refractivity contribution in [1.82, 2.24) is 4.90 Å². The first-order valence-corrected chi connectivity index (χ1v) is 6.60. The zero-order chi connectivity index (χ0) is 14.0. The molecule has 0 aromatic heterocycles. The van der Waals surface area contributed by atoms with E-state index in [1.54, 1.807) is 24.1 Å². The minimum absolute atomic E-state index is 0.0478. The number of carbonyl (C=O) groups is 2. The summed E-state index contributed by atoms with van der Waals surface area (Å²) in [6.45, 7) is 0.676. The van der Waals surface area contributed by atoms with Gasteiger partial charge in [0.1, 0.15) is 6.29 Å². The lowest BCUT2D eigenvalue weighted by Crippen LogP contribution is -2.29. The van der Waals surface area contributed by atoms with E-state index in [-0.39, 0.29) is 5.91 Å². The molecule has 1 saturated heterocycles. The fourth-order valence-corrected chi connectivity index (χ4v) is 2.52. The average Bonchev–Trinajstić information content (AvgIpc) is 2.72. The molecule has 1 unspecified atom stereocenters. The molecule has 19 heavy (non-hydrogen) atoms. The van der Waals surface area contributed by atoms with Gasteiger partial charge < -0.3 is 14.4 Å². The Morgan fingerprint density at radius 3 is 2.74 bits per heavy atom. The number of carbonyl (C=O) groups excluding carboxylic acids is 2.